The quantitative estimate of drug-likeness (QED) is 0.708. The normalized spacial score (nSPS) is 50.5. The smallest absolute Gasteiger partial charge is 0.229 e. The zero-order valence-electron chi connectivity index (χ0n) is 13.1. The van der Waals surface area contributed by atoms with Crippen molar-refractivity contribution in [1.82, 2.24) is 4.90 Å². The van der Waals surface area contributed by atoms with E-state index in [2.05, 4.69) is 18.7 Å². The van der Waals surface area contributed by atoms with Crippen molar-refractivity contribution in [3.63, 3.8) is 0 Å². The Morgan fingerprint density at radius 2 is 1.35 bits per heavy atom. The minimum Gasteiger partial charge on any atom is -0.337 e. The standard InChI is InChI=1S/C18H29NO/c1-12-4-3-5-13(2)19(12)17(20)18-9-14-6-15(10-18)8-16(7-14)11-18/h12-16H,3-11H2,1-2H3/t12-,13+,14?,15?,16?,18?. The maximum Gasteiger partial charge on any atom is 0.229 e. The zero-order chi connectivity index (χ0) is 13.9. The van der Waals surface area contributed by atoms with Gasteiger partial charge >= 0.3 is 0 Å². The van der Waals surface area contributed by atoms with Crippen LogP contribution in [-0.4, -0.2) is 22.9 Å². The Labute approximate surface area is 123 Å². The lowest BCUT2D eigenvalue weighted by molar-refractivity contribution is -0.164. The minimum atomic E-state index is 0.0641. The molecule has 20 heavy (non-hydrogen) atoms. The lowest BCUT2D eigenvalue weighted by Gasteiger charge is -2.58. The molecule has 1 saturated heterocycles. The van der Waals surface area contributed by atoms with Crippen LogP contribution in [0.4, 0.5) is 0 Å². The highest BCUT2D eigenvalue weighted by atomic mass is 16.2. The summed E-state index contributed by atoms with van der Waals surface area (Å²) in [6.45, 7) is 4.54. The van der Waals surface area contributed by atoms with E-state index in [9.17, 15) is 4.79 Å². The minimum absolute atomic E-state index is 0.0641. The topological polar surface area (TPSA) is 20.3 Å². The molecule has 0 N–H and O–H groups in total. The van der Waals surface area contributed by atoms with E-state index in [0.29, 0.717) is 18.0 Å². The van der Waals surface area contributed by atoms with Gasteiger partial charge in [0.25, 0.3) is 0 Å². The van der Waals surface area contributed by atoms with E-state index in [0.717, 1.165) is 17.8 Å². The Morgan fingerprint density at radius 1 is 0.900 bits per heavy atom. The summed E-state index contributed by atoms with van der Waals surface area (Å²) in [5.74, 6) is 3.18. The molecule has 4 saturated carbocycles. The van der Waals surface area contributed by atoms with Crippen LogP contribution >= 0.6 is 0 Å². The van der Waals surface area contributed by atoms with Crippen LogP contribution in [0, 0.1) is 23.2 Å². The second kappa shape index (κ2) is 4.48. The van der Waals surface area contributed by atoms with E-state index in [-0.39, 0.29) is 5.41 Å². The van der Waals surface area contributed by atoms with Crippen LogP contribution in [0.25, 0.3) is 0 Å². The van der Waals surface area contributed by atoms with Crippen molar-refractivity contribution in [3.8, 4) is 0 Å². The Morgan fingerprint density at radius 3 is 1.80 bits per heavy atom. The summed E-state index contributed by atoms with van der Waals surface area (Å²) in [7, 11) is 0. The predicted octanol–water partition coefficient (Wildman–Crippen LogP) is 3.99. The number of hydrogen-bond acceptors (Lipinski definition) is 1. The summed E-state index contributed by atoms with van der Waals surface area (Å²) < 4.78 is 0. The lowest BCUT2D eigenvalue weighted by atomic mass is 9.49. The molecule has 0 aromatic heterocycles. The Kier molecular flexibility index (Phi) is 2.95. The van der Waals surface area contributed by atoms with E-state index >= 15 is 0 Å². The largest absolute Gasteiger partial charge is 0.337 e. The first-order chi connectivity index (χ1) is 9.57. The molecule has 4 aliphatic carbocycles. The molecule has 1 heterocycles. The van der Waals surface area contributed by atoms with Crippen molar-refractivity contribution >= 4 is 5.91 Å². The molecule has 0 radical (unpaired) electrons. The molecule has 2 nitrogen and oxygen atoms in total. The molecule has 5 rings (SSSR count). The lowest BCUT2D eigenvalue weighted by Crippen LogP contribution is -2.58. The molecule has 1 aliphatic heterocycles. The number of hydrogen-bond donors (Lipinski definition) is 0. The summed E-state index contributed by atoms with van der Waals surface area (Å²) in [6, 6.07) is 0.943. The molecule has 2 atom stereocenters. The highest BCUT2D eigenvalue weighted by Gasteiger charge is 2.56. The van der Waals surface area contributed by atoms with Crippen LogP contribution in [0.1, 0.15) is 71.6 Å². The van der Waals surface area contributed by atoms with Gasteiger partial charge in [0.1, 0.15) is 0 Å². The number of amides is 1. The first-order valence-electron chi connectivity index (χ1n) is 8.90. The first kappa shape index (κ1) is 13.2. The third-order valence-electron chi connectivity index (χ3n) is 6.92. The fraction of sp³-hybridized carbons (Fsp3) is 0.944. The van der Waals surface area contributed by atoms with E-state index in [1.807, 2.05) is 0 Å². The third-order valence-corrected chi connectivity index (χ3v) is 6.92. The summed E-state index contributed by atoms with van der Waals surface area (Å²) in [5, 5.41) is 0. The van der Waals surface area contributed by atoms with Gasteiger partial charge in [0.2, 0.25) is 5.91 Å². The van der Waals surface area contributed by atoms with E-state index in [4.69, 9.17) is 0 Å². The summed E-state index contributed by atoms with van der Waals surface area (Å²) in [5.41, 5.74) is 0.0641. The molecule has 2 heteroatoms. The Bertz CT molecular complexity index is 370. The number of carbonyl (C=O) groups excluding carboxylic acids is 1. The van der Waals surface area contributed by atoms with Crippen molar-refractivity contribution in [1.29, 1.82) is 0 Å². The van der Waals surface area contributed by atoms with Crippen LogP contribution < -0.4 is 0 Å². The Balaban J connectivity index is 1.61. The average molecular weight is 275 g/mol. The van der Waals surface area contributed by atoms with E-state index in [1.54, 1.807) is 0 Å². The van der Waals surface area contributed by atoms with E-state index in [1.165, 1.54) is 57.8 Å². The molecule has 5 aliphatic rings. The van der Waals surface area contributed by atoms with Gasteiger partial charge in [-0.25, -0.2) is 0 Å². The summed E-state index contributed by atoms with van der Waals surface area (Å²) >= 11 is 0. The van der Waals surface area contributed by atoms with Gasteiger partial charge in [-0.2, -0.15) is 0 Å². The molecular weight excluding hydrogens is 246 g/mol. The third kappa shape index (κ3) is 1.86. The summed E-state index contributed by atoms with van der Waals surface area (Å²) in [4.78, 5) is 15.7. The van der Waals surface area contributed by atoms with Crippen LogP contribution in [0.3, 0.4) is 0 Å². The van der Waals surface area contributed by atoms with Crippen LogP contribution in [0.15, 0.2) is 0 Å². The highest BCUT2D eigenvalue weighted by Crippen LogP contribution is 2.60. The average Bonchev–Trinajstić information content (AvgIpc) is 2.36. The fourth-order valence-corrected chi connectivity index (χ4v) is 6.47. The fourth-order valence-electron chi connectivity index (χ4n) is 6.47. The number of carbonyl (C=O) groups is 1. The maximum atomic E-state index is 13.4. The van der Waals surface area contributed by atoms with Crippen molar-refractivity contribution in [2.24, 2.45) is 23.2 Å². The maximum absolute atomic E-state index is 13.4. The highest BCUT2D eigenvalue weighted by molar-refractivity contribution is 5.84. The molecule has 1 amide bonds. The second-order valence-corrected chi connectivity index (χ2v) is 8.54. The van der Waals surface area contributed by atoms with E-state index < -0.39 is 0 Å². The molecule has 0 aromatic rings. The van der Waals surface area contributed by atoms with Gasteiger partial charge in [0, 0.05) is 12.1 Å². The molecular formula is C18H29NO. The summed E-state index contributed by atoms with van der Waals surface area (Å²) in [6.07, 6.45) is 11.7. The van der Waals surface area contributed by atoms with Crippen molar-refractivity contribution < 1.29 is 4.79 Å². The van der Waals surface area contributed by atoms with Crippen molar-refractivity contribution in [2.75, 3.05) is 0 Å². The van der Waals surface area contributed by atoms with Gasteiger partial charge in [-0.3, -0.25) is 4.79 Å². The number of rotatable bonds is 1. The van der Waals surface area contributed by atoms with Crippen molar-refractivity contribution in [2.45, 2.75) is 83.7 Å². The first-order valence-corrected chi connectivity index (χ1v) is 8.90. The number of piperidine rings is 1. The monoisotopic (exact) mass is 275 g/mol. The molecule has 112 valence electrons. The Hall–Kier alpha value is -0.530. The van der Waals surface area contributed by atoms with Gasteiger partial charge in [-0.1, -0.05) is 0 Å². The van der Waals surface area contributed by atoms with Crippen molar-refractivity contribution in [3.05, 3.63) is 0 Å². The van der Waals surface area contributed by atoms with Gasteiger partial charge in [0.05, 0.1) is 5.41 Å². The van der Waals surface area contributed by atoms with Gasteiger partial charge < -0.3 is 4.90 Å². The molecule has 4 bridgehead atoms. The van der Waals surface area contributed by atoms with Gasteiger partial charge in [0.15, 0.2) is 0 Å². The van der Waals surface area contributed by atoms with Crippen LogP contribution in [0.5, 0.6) is 0 Å². The van der Waals surface area contributed by atoms with Crippen LogP contribution in [0.2, 0.25) is 0 Å². The molecule has 0 spiro atoms. The van der Waals surface area contributed by atoms with Gasteiger partial charge in [-0.05, 0) is 89.4 Å². The van der Waals surface area contributed by atoms with Gasteiger partial charge in [-0.15, -0.1) is 0 Å². The molecule has 0 unspecified atom stereocenters. The second-order valence-electron chi connectivity index (χ2n) is 8.54. The molecule has 5 fully saturated rings. The number of nitrogens with zero attached hydrogens (tertiary/aromatic N) is 1. The van der Waals surface area contributed by atoms with Crippen LogP contribution in [-0.2, 0) is 4.79 Å². The predicted molar refractivity (Wildman–Crippen MR) is 80.2 cm³/mol. The molecule has 0 aromatic carbocycles. The number of likely N-dealkylation sites (tertiary alicyclic amines) is 1. The SMILES string of the molecule is C[C@@H]1CCC[C@H](C)N1C(=O)C12CC3CC(CC(C3)C1)C2. The zero-order valence-corrected chi connectivity index (χ0v) is 13.1.